The first-order valence-electron chi connectivity index (χ1n) is 10.4. The Hall–Kier alpha value is -3.67. The van der Waals surface area contributed by atoms with Crippen LogP contribution in [0.3, 0.4) is 0 Å². The van der Waals surface area contributed by atoms with Crippen LogP contribution in [-0.2, 0) is 6.54 Å². The lowest BCUT2D eigenvalue weighted by atomic mass is 9.76. The molecule has 1 heterocycles. The zero-order chi connectivity index (χ0) is 21.8. The van der Waals surface area contributed by atoms with Gasteiger partial charge in [-0.3, -0.25) is 14.4 Å². The summed E-state index contributed by atoms with van der Waals surface area (Å²) in [7, 11) is 1.47. The molecule has 1 fully saturated rings. The molecule has 158 valence electrons. The van der Waals surface area contributed by atoms with Crippen molar-refractivity contribution in [1.82, 2.24) is 15.2 Å². The molecule has 1 saturated carbocycles. The van der Waals surface area contributed by atoms with E-state index >= 15 is 0 Å². The molecule has 0 bridgehead atoms. The van der Waals surface area contributed by atoms with Crippen LogP contribution in [0.4, 0.5) is 0 Å². The van der Waals surface area contributed by atoms with Crippen LogP contribution in [0.2, 0.25) is 0 Å². The van der Waals surface area contributed by atoms with Crippen molar-refractivity contribution in [1.29, 1.82) is 0 Å². The van der Waals surface area contributed by atoms with Crippen LogP contribution in [0.1, 0.15) is 50.6 Å². The van der Waals surface area contributed by atoms with E-state index in [1.807, 2.05) is 48.5 Å². The molecule has 0 unspecified atom stereocenters. The van der Waals surface area contributed by atoms with Crippen molar-refractivity contribution >= 4 is 11.8 Å². The standard InChI is InChI=1S/C25H25N3O3/c1-26-24(30)22-14-20(16-28(25(22)31)15-17-8-4-2-5-9-17)23(29)27-21-12-19(13-21)18-10-6-3-7-11-18/h2-11,14,16,19,21H,12-13,15H2,1H3,(H,26,30)(H,27,29). The third kappa shape index (κ3) is 4.58. The van der Waals surface area contributed by atoms with Crippen molar-refractivity contribution in [3.05, 3.63) is 106 Å². The number of hydrogen-bond donors (Lipinski definition) is 2. The first-order chi connectivity index (χ1) is 15.0. The Morgan fingerprint density at radius 3 is 2.26 bits per heavy atom. The van der Waals surface area contributed by atoms with Gasteiger partial charge in [0.15, 0.2) is 0 Å². The zero-order valence-electron chi connectivity index (χ0n) is 17.4. The maximum absolute atomic E-state index is 12.9. The van der Waals surface area contributed by atoms with Gasteiger partial charge in [0, 0.05) is 19.3 Å². The quantitative estimate of drug-likeness (QED) is 0.650. The molecule has 2 amide bonds. The molecule has 1 aromatic heterocycles. The highest BCUT2D eigenvalue weighted by atomic mass is 16.2. The molecular weight excluding hydrogens is 390 g/mol. The number of nitrogens with zero attached hydrogens (tertiary/aromatic N) is 1. The fourth-order valence-electron chi connectivity index (χ4n) is 3.96. The van der Waals surface area contributed by atoms with E-state index in [4.69, 9.17) is 0 Å². The molecule has 31 heavy (non-hydrogen) atoms. The molecule has 1 aliphatic rings. The second-order valence-electron chi connectivity index (χ2n) is 7.89. The van der Waals surface area contributed by atoms with Crippen molar-refractivity contribution in [3.63, 3.8) is 0 Å². The molecule has 0 radical (unpaired) electrons. The van der Waals surface area contributed by atoms with Gasteiger partial charge in [-0.05, 0) is 36.0 Å². The van der Waals surface area contributed by atoms with Crippen molar-refractivity contribution < 1.29 is 9.59 Å². The number of nitrogens with one attached hydrogen (secondary N) is 2. The molecule has 0 spiro atoms. The van der Waals surface area contributed by atoms with E-state index in [9.17, 15) is 14.4 Å². The first-order valence-corrected chi connectivity index (χ1v) is 10.4. The monoisotopic (exact) mass is 415 g/mol. The minimum atomic E-state index is -0.505. The molecule has 3 aromatic rings. The van der Waals surface area contributed by atoms with Gasteiger partial charge < -0.3 is 15.2 Å². The minimum absolute atomic E-state index is 0.0400. The molecule has 0 aliphatic heterocycles. The van der Waals surface area contributed by atoms with Gasteiger partial charge in [0.05, 0.1) is 12.1 Å². The predicted octanol–water partition coefficient (Wildman–Crippen LogP) is 2.93. The Bertz CT molecular complexity index is 1130. The summed E-state index contributed by atoms with van der Waals surface area (Å²) in [6.07, 6.45) is 3.29. The summed E-state index contributed by atoms with van der Waals surface area (Å²) in [5.74, 6) is -0.335. The lowest BCUT2D eigenvalue weighted by molar-refractivity contribution is 0.0908. The van der Waals surface area contributed by atoms with Gasteiger partial charge >= 0.3 is 0 Å². The highest BCUT2D eigenvalue weighted by molar-refractivity contribution is 5.99. The van der Waals surface area contributed by atoms with Crippen LogP contribution in [0.5, 0.6) is 0 Å². The van der Waals surface area contributed by atoms with E-state index in [0.717, 1.165) is 18.4 Å². The van der Waals surface area contributed by atoms with E-state index in [0.29, 0.717) is 11.5 Å². The maximum atomic E-state index is 12.9. The number of pyridine rings is 1. The topological polar surface area (TPSA) is 80.2 Å². The summed E-state index contributed by atoms with van der Waals surface area (Å²) in [4.78, 5) is 38.0. The molecule has 2 N–H and O–H groups in total. The molecule has 4 rings (SSSR count). The smallest absolute Gasteiger partial charge is 0.263 e. The lowest BCUT2D eigenvalue weighted by Crippen LogP contribution is -2.44. The number of amides is 2. The van der Waals surface area contributed by atoms with Gasteiger partial charge in [0.1, 0.15) is 5.56 Å². The third-order valence-corrected chi connectivity index (χ3v) is 5.76. The van der Waals surface area contributed by atoms with Gasteiger partial charge in [-0.1, -0.05) is 60.7 Å². The fraction of sp³-hybridized carbons (Fsp3) is 0.240. The van der Waals surface area contributed by atoms with Crippen LogP contribution < -0.4 is 16.2 Å². The first kappa shape index (κ1) is 20.6. The van der Waals surface area contributed by atoms with Crippen LogP contribution in [0.25, 0.3) is 0 Å². The average Bonchev–Trinajstić information content (AvgIpc) is 2.78. The van der Waals surface area contributed by atoms with Gasteiger partial charge in [-0.25, -0.2) is 0 Å². The average molecular weight is 415 g/mol. The molecule has 6 heteroatoms. The summed E-state index contributed by atoms with van der Waals surface area (Å²) < 4.78 is 1.42. The van der Waals surface area contributed by atoms with E-state index in [1.54, 1.807) is 0 Å². The number of benzene rings is 2. The Balaban J connectivity index is 1.53. The predicted molar refractivity (Wildman–Crippen MR) is 119 cm³/mol. The highest BCUT2D eigenvalue weighted by Crippen LogP contribution is 2.36. The number of rotatable bonds is 6. The molecule has 6 nitrogen and oxygen atoms in total. The van der Waals surface area contributed by atoms with Crippen molar-refractivity contribution in [2.45, 2.75) is 31.3 Å². The molecule has 1 aliphatic carbocycles. The highest BCUT2D eigenvalue weighted by Gasteiger charge is 2.31. The van der Waals surface area contributed by atoms with Gasteiger partial charge in [-0.15, -0.1) is 0 Å². The minimum Gasteiger partial charge on any atom is -0.355 e. The van der Waals surface area contributed by atoms with Crippen LogP contribution in [0, 0.1) is 0 Å². The van der Waals surface area contributed by atoms with Crippen LogP contribution in [-0.4, -0.2) is 29.5 Å². The second kappa shape index (κ2) is 9.00. The van der Waals surface area contributed by atoms with Gasteiger partial charge in [0.2, 0.25) is 0 Å². The zero-order valence-corrected chi connectivity index (χ0v) is 17.4. The third-order valence-electron chi connectivity index (χ3n) is 5.76. The van der Waals surface area contributed by atoms with E-state index in [2.05, 4.69) is 22.8 Å². The summed E-state index contributed by atoms with van der Waals surface area (Å²) >= 11 is 0. The maximum Gasteiger partial charge on any atom is 0.263 e. The normalized spacial score (nSPS) is 17.5. The summed E-state index contributed by atoms with van der Waals surface area (Å²) in [6.45, 7) is 0.282. The van der Waals surface area contributed by atoms with Gasteiger partial charge in [-0.2, -0.15) is 0 Å². The lowest BCUT2D eigenvalue weighted by Gasteiger charge is -2.36. The van der Waals surface area contributed by atoms with Crippen molar-refractivity contribution in [3.8, 4) is 0 Å². The van der Waals surface area contributed by atoms with Gasteiger partial charge in [0.25, 0.3) is 17.4 Å². The largest absolute Gasteiger partial charge is 0.355 e. The summed E-state index contributed by atoms with van der Waals surface area (Å²) in [6, 6.07) is 21.2. The number of hydrogen-bond acceptors (Lipinski definition) is 3. The van der Waals surface area contributed by atoms with Crippen molar-refractivity contribution in [2.75, 3.05) is 7.05 Å². The Kier molecular flexibility index (Phi) is 5.98. The molecule has 0 atom stereocenters. The molecular formula is C25H25N3O3. The Morgan fingerprint density at radius 2 is 1.61 bits per heavy atom. The van der Waals surface area contributed by atoms with E-state index in [-0.39, 0.29) is 24.1 Å². The van der Waals surface area contributed by atoms with E-state index < -0.39 is 11.5 Å². The number of carbonyl (C=O) groups excluding carboxylic acids is 2. The summed E-state index contributed by atoms with van der Waals surface area (Å²) in [5, 5.41) is 5.52. The Morgan fingerprint density at radius 1 is 0.968 bits per heavy atom. The molecule has 2 aromatic carbocycles. The number of carbonyl (C=O) groups is 2. The second-order valence-corrected chi connectivity index (χ2v) is 7.89. The SMILES string of the molecule is CNC(=O)c1cc(C(=O)NC2CC(c3ccccc3)C2)cn(Cc2ccccc2)c1=O. The van der Waals surface area contributed by atoms with Crippen LogP contribution in [0.15, 0.2) is 77.7 Å². The molecule has 0 saturated heterocycles. The van der Waals surface area contributed by atoms with Crippen molar-refractivity contribution in [2.24, 2.45) is 0 Å². The summed E-state index contributed by atoms with van der Waals surface area (Å²) in [5.41, 5.74) is 2.03. The van der Waals surface area contributed by atoms with Crippen LogP contribution >= 0.6 is 0 Å². The van der Waals surface area contributed by atoms with E-state index in [1.165, 1.54) is 29.4 Å². The fourth-order valence-corrected chi connectivity index (χ4v) is 3.96. The Labute approximate surface area is 180 Å². The number of aromatic nitrogens is 1.